The van der Waals surface area contributed by atoms with Crippen LogP contribution in [-0.4, -0.2) is 49.1 Å². The summed E-state index contributed by atoms with van der Waals surface area (Å²) in [6.07, 6.45) is -0.760. The summed E-state index contributed by atoms with van der Waals surface area (Å²) in [6, 6.07) is 2.99. The quantitative estimate of drug-likeness (QED) is 0.696. The van der Waals surface area contributed by atoms with Crippen LogP contribution in [0.1, 0.15) is 74.4 Å². The number of hydrogen-bond acceptors (Lipinski definition) is 6. The van der Waals surface area contributed by atoms with Gasteiger partial charge in [-0.05, 0) is 42.4 Å². The van der Waals surface area contributed by atoms with Crippen molar-refractivity contribution in [1.82, 2.24) is 5.32 Å². The lowest BCUT2D eigenvalue weighted by Crippen LogP contribution is -2.42. The molecule has 0 bridgehead atoms. The number of benzene rings is 1. The first-order valence-corrected chi connectivity index (χ1v) is 11.3. The number of amides is 1. The number of phenolic OH excluding ortho intramolecular Hbond substituents is 1. The van der Waals surface area contributed by atoms with Crippen LogP contribution in [0, 0.1) is 0 Å². The van der Waals surface area contributed by atoms with Gasteiger partial charge in [-0.1, -0.05) is 33.8 Å². The molecule has 1 aromatic carbocycles. The Kier molecular flexibility index (Phi) is 6.75. The van der Waals surface area contributed by atoms with Crippen molar-refractivity contribution < 1.29 is 27.9 Å². The number of aromatic hydroxyl groups is 1. The van der Waals surface area contributed by atoms with E-state index >= 15 is 0 Å². The summed E-state index contributed by atoms with van der Waals surface area (Å²) in [5, 5.41) is 13.1. The minimum atomic E-state index is -3.12. The van der Waals surface area contributed by atoms with Gasteiger partial charge in [0.2, 0.25) is 0 Å². The lowest BCUT2D eigenvalue weighted by molar-refractivity contribution is -0.129. The standard InChI is InChI=1S/C20H29NO6S/c1-11(2)14-8-16(12(3)4)18(22)17(9-14)20(24)27-13(5)19(23)21-15-6-7-28(25,26)10-15/h8-9,11-13,15,22H,6-7,10H2,1-5H3,(H,21,23)/t13-,15+/m1/s1. The van der Waals surface area contributed by atoms with Crippen molar-refractivity contribution in [2.45, 2.75) is 65.0 Å². The monoisotopic (exact) mass is 411 g/mol. The van der Waals surface area contributed by atoms with Gasteiger partial charge in [0, 0.05) is 6.04 Å². The Labute approximate surface area is 166 Å². The highest BCUT2D eigenvalue weighted by Crippen LogP contribution is 2.33. The van der Waals surface area contributed by atoms with E-state index in [4.69, 9.17) is 4.74 Å². The smallest absolute Gasteiger partial charge is 0.342 e. The molecule has 0 aromatic heterocycles. The molecule has 7 nitrogen and oxygen atoms in total. The Bertz CT molecular complexity index is 860. The van der Waals surface area contributed by atoms with Gasteiger partial charge in [0.05, 0.1) is 11.5 Å². The second-order valence-electron chi connectivity index (χ2n) is 7.97. The number of hydrogen-bond donors (Lipinski definition) is 2. The number of ether oxygens (including phenoxy) is 1. The molecule has 1 amide bonds. The van der Waals surface area contributed by atoms with Crippen LogP contribution >= 0.6 is 0 Å². The van der Waals surface area contributed by atoms with E-state index < -0.39 is 33.9 Å². The molecule has 1 fully saturated rings. The zero-order valence-electron chi connectivity index (χ0n) is 17.0. The van der Waals surface area contributed by atoms with Crippen molar-refractivity contribution in [3.05, 3.63) is 28.8 Å². The predicted molar refractivity (Wildman–Crippen MR) is 106 cm³/mol. The van der Waals surface area contributed by atoms with E-state index in [1.807, 2.05) is 33.8 Å². The summed E-state index contributed by atoms with van der Waals surface area (Å²) in [6.45, 7) is 9.22. The molecule has 1 aliphatic heterocycles. The van der Waals surface area contributed by atoms with Gasteiger partial charge in [-0.25, -0.2) is 13.2 Å². The highest BCUT2D eigenvalue weighted by Gasteiger charge is 2.31. The van der Waals surface area contributed by atoms with E-state index in [-0.39, 0.29) is 34.7 Å². The average molecular weight is 412 g/mol. The Morgan fingerprint density at radius 3 is 2.29 bits per heavy atom. The Morgan fingerprint density at radius 2 is 1.79 bits per heavy atom. The molecule has 1 saturated heterocycles. The summed E-state index contributed by atoms with van der Waals surface area (Å²) >= 11 is 0. The molecule has 156 valence electrons. The fraction of sp³-hybridized carbons (Fsp3) is 0.600. The summed E-state index contributed by atoms with van der Waals surface area (Å²) in [5.74, 6) is -1.39. The SMILES string of the molecule is CC(C)c1cc(C(=O)O[C@H](C)C(=O)N[C@H]2CCS(=O)(=O)C2)c(O)c(C(C)C)c1. The van der Waals surface area contributed by atoms with Crippen LogP contribution in [0.5, 0.6) is 5.75 Å². The predicted octanol–water partition coefficient (Wildman–Crippen LogP) is 2.49. The fourth-order valence-electron chi connectivity index (χ4n) is 3.11. The zero-order valence-corrected chi connectivity index (χ0v) is 17.8. The molecule has 0 aliphatic carbocycles. The average Bonchev–Trinajstić information content (AvgIpc) is 2.92. The third-order valence-corrected chi connectivity index (χ3v) is 6.67. The van der Waals surface area contributed by atoms with Crippen LogP contribution in [0.25, 0.3) is 0 Å². The second-order valence-corrected chi connectivity index (χ2v) is 10.2. The molecule has 2 rings (SSSR count). The molecular weight excluding hydrogens is 382 g/mol. The van der Waals surface area contributed by atoms with Gasteiger partial charge < -0.3 is 15.2 Å². The molecule has 1 aromatic rings. The molecule has 0 radical (unpaired) electrons. The van der Waals surface area contributed by atoms with Gasteiger partial charge >= 0.3 is 5.97 Å². The molecule has 0 unspecified atom stereocenters. The molecule has 1 heterocycles. The number of sulfone groups is 1. The first-order chi connectivity index (χ1) is 12.9. The maximum atomic E-state index is 12.6. The van der Waals surface area contributed by atoms with Crippen LogP contribution in [-0.2, 0) is 19.4 Å². The zero-order chi connectivity index (χ0) is 21.2. The molecular formula is C20H29NO6S. The molecule has 0 saturated carbocycles. The third-order valence-electron chi connectivity index (χ3n) is 4.90. The fourth-order valence-corrected chi connectivity index (χ4v) is 4.79. The highest BCUT2D eigenvalue weighted by atomic mass is 32.2. The maximum Gasteiger partial charge on any atom is 0.342 e. The van der Waals surface area contributed by atoms with Crippen LogP contribution in [0.15, 0.2) is 12.1 Å². The van der Waals surface area contributed by atoms with Crippen LogP contribution in [0.2, 0.25) is 0 Å². The van der Waals surface area contributed by atoms with Crippen molar-refractivity contribution >= 4 is 21.7 Å². The number of phenols is 1. The molecule has 28 heavy (non-hydrogen) atoms. The molecule has 1 aliphatic rings. The Balaban J connectivity index is 2.14. The summed E-state index contributed by atoms with van der Waals surface area (Å²) in [4.78, 5) is 24.9. The largest absolute Gasteiger partial charge is 0.507 e. The Morgan fingerprint density at radius 1 is 1.14 bits per heavy atom. The van der Waals surface area contributed by atoms with Crippen molar-refractivity contribution in [2.24, 2.45) is 0 Å². The van der Waals surface area contributed by atoms with Crippen molar-refractivity contribution in [1.29, 1.82) is 0 Å². The summed E-state index contributed by atoms with van der Waals surface area (Å²) in [7, 11) is -3.12. The van der Waals surface area contributed by atoms with E-state index in [2.05, 4.69) is 5.32 Å². The minimum absolute atomic E-state index is 0.00953. The van der Waals surface area contributed by atoms with Crippen molar-refractivity contribution in [2.75, 3.05) is 11.5 Å². The molecule has 0 spiro atoms. The number of nitrogens with one attached hydrogen (secondary N) is 1. The Hall–Kier alpha value is -2.09. The van der Waals surface area contributed by atoms with Crippen LogP contribution in [0.4, 0.5) is 0 Å². The normalized spacial score (nSPS) is 19.6. The van der Waals surface area contributed by atoms with Crippen LogP contribution < -0.4 is 5.32 Å². The van der Waals surface area contributed by atoms with E-state index in [0.717, 1.165) is 5.56 Å². The molecule has 8 heteroatoms. The van der Waals surface area contributed by atoms with Gasteiger partial charge in [0.1, 0.15) is 11.3 Å². The van der Waals surface area contributed by atoms with E-state index in [1.54, 1.807) is 6.07 Å². The molecule has 2 N–H and O–H groups in total. The summed E-state index contributed by atoms with van der Waals surface area (Å²) in [5.41, 5.74) is 1.56. The number of carbonyl (C=O) groups is 2. The number of carbonyl (C=O) groups excluding carboxylic acids is 2. The van der Waals surface area contributed by atoms with Crippen LogP contribution in [0.3, 0.4) is 0 Å². The number of esters is 1. The third kappa shape index (κ3) is 5.25. The maximum absolute atomic E-state index is 12.6. The highest BCUT2D eigenvalue weighted by molar-refractivity contribution is 7.91. The first kappa shape index (κ1) is 22.2. The molecule has 2 atom stereocenters. The lowest BCUT2D eigenvalue weighted by atomic mass is 9.92. The van der Waals surface area contributed by atoms with Gasteiger partial charge in [-0.3, -0.25) is 4.79 Å². The van der Waals surface area contributed by atoms with Gasteiger partial charge in [0.15, 0.2) is 15.9 Å². The van der Waals surface area contributed by atoms with Gasteiger partial charge in [0.25, 0.3) is 5.91 Å². The summed E-state index contributed by atoms with van der Waals surface area (Å²) < 4.78 is 28.3. The minimum Gasteiger partial charge on any atom is -0.507 e. The van der Waals surface area contributed by atoms with Gasteiger partial charge in [-0.15, -0.1) is 0 Å². The first-order valence-electron chi connectivity index (χ1n) is 9.50. The van der Waals surface area contributed by atoms with Crippen molar-refractivity contribution in [3.63, 3.8) is 0 Å². The van der Waals surface area contributed by atoms with E-state index in [9.17, 15) is 23.1 Å². The lowest BCUT2D eigenvalue weighted by Gasteiger charge is -2.19. The second kappa shape index (κ2) is 8.51. The number of rotatable bonds is 6. The van der Waals surface area contributed by atoms with E-state index in [0.29, 0.717) is 12.0 Å². The van der Waals surface area contributed by atoms with E-state index in [1.165, 1.54) is 6.92 Å². The van der Waals surface area contributed by atoms with Gasteiger partial charge in [-0.2, -0.15) is 0 Å². The topological polar surface area (TPSA) is 110 Å². The van der Waals surface area contributed by atoms with Crippen molar-refractivity contribution in [3.8, 4) is 5.75 Å².